The molecule has 0 unspecified atom stereocenters. The lowest BCUT2D eigenvalue weighted by Crippen LogP contribution is -2.35. The molecule has 2 N–H and O–H groups in total. The van der Waals surface area contributed by atoms with Crippen molar-refractivity contribution < 1.29 is 14.4 Å². The van der Waals surface area contributed by atoms with Gasteiger partial charge < -0.3 is 15.5 Å². The van der Waals surface area contributed by atoms with Gasteiger partial charge in [-0.05, 0) is 61.7 Å². The summed E-state index contributed by atoms with van der Waals surface area (Å²) >= 11 is 5.81. The Labute approximate surface area is 175 Å². The van der Waals surface area contributed by atoms with Crippen molar-refractivity contribution in [1.82, 2.24) is 5.32 Å². The van der Waals surface area contributed by atoms with Gasteiger partial charge in [0, 0.05) is 47.9 Å². The third-order valence-corrected chi connectivity index (χ3v) is 4.99. The fraction of sp³-hybridized carbons (Fsp3) is 0.318. The van der Waals surface area contributed by atoms with Crippen molar-refractivity contribution in [2.75, 3.05) is 23.3 Å². The maximum absolute atomic E-state index is 12.2. The van der Waals surface area contributed by atoms with Crippen LogP contribution in [0, 0.1) is 0 Å². The number of hydrogen-bond acceptors (Lipinski definition) is 3. The van der Waals surface area contributed by atoms with Crippen molar-refractivity contribution in [3.63, 3.8) is 0 Å². The summed E-state index contributed by atoms with van der Waals surface area (Å²) in [7, 11) is 0. The van der Waals surface area contributed by atoms with Crippen LogP contribution in [0.5, 0.6) is 0 Å². The van der Waals surface area contributed by atoms with Crippen LogP contribution < -0.4 is 15.5 Å². The first kappa shape index (κ1) is 20.9. The molecule has 1 heterocycles. The molecule has 2 aromatic rings. The molecule has 6 nitrogen and oxygen atoms in total. The monoisotopic (exact) mass is 413 g/mol. The molecule has 3 rings (SSSR count). The minimum atomic E-state index is -0.194. The maximum atomic E-state index is 12.2. The zero-order chi connectivity index (χ0) is 20.6. The molecular weight excluding hydrogens is 390 g/mol. The Balaban J connectivity index is 1.43. The number of nitrogens with zero attached hydrogens (tertiary/aromatic N) is 1. The summed E-state index contributed by atoms with van der Waals surface area (Å²) in [5, 5.41) is 6.22. The lowest BCUT2D eigenvalue weighted by atomic mass is 10.1. The average Bonchev–Trinajstić information content (AvgIpc) is 2.72. The molecule has 0 radical (unpaired) electrons. The van der Waals surface area contributed by atoms with Gasteiger partial charge >= 0.3 is 0 Å². The lowest BCUT2D eigenvalue weighted by Gasteiger charge is -2.27. The van der Waals surface area contributed by atoms with Crippen LogP contribution in [-0.4, -0.2) is 30.8 Å². The molecule has 1 aliphatic heterocycles. The Kier molecular flexibility index (Phi) is 7.25. The van der Waals surface area contributed by atoms with Crippen LogP contribution in [0.1, 0.15) is 42.5 Å². The van der Waals surface area contributed by atoms with Crippen molar-refractivity contribution in [1.29, 1.82) is 0 Å². The highest BCUT2D eigenvalue weighted by atomic mass is 35.5. The summed E-state index contributed by atoms with van der Waals surface area (Å²) in [6.45, 7) is 1.11. The molecule has 7 heteroatoms. The van der Waals surface area contributed by atoms with Crippen molar-refractivity contribution in [2.45, 2.75) is 32.1 Å². The quantitative estimate of drug-likeness (QED) is 0.673. The van der Waals surface area contributed by atoms with Crippen LogP contribution in [0.25, 0.3) is 0 Å². The minimum absolute atomic E-state index is 0.121. The Morgan fingerprint density at radius 2 is 1.86 bits per heavy atom. The van der Waals surface area contributed by atoms with Gasteiger partial charge in [0.15, 0.2) is 0 Å². The number of rotatable bonds is 7. The number of carbonyl (C=O) groups excluding carboxylic acids is 3. The zero-order valence-corrected chi connectivity index (χ0v) is 16.9. The van der Waals surface area contributed by atoms with E-state index in [-0.39, 0.29) is 24.1 Å². The molecule has 3 amide bonds. The highest BCUT2D eigenvalue weighted by Gasteiger charge is 2.19. The second-order valence-electron chi connectivity index (χ2n) is 6.97. The number of benzene rings is 2. The van der Waals surface area contributed by atoms with Gasteiger partial charge in [-0.15, -0.1) is 0 Å². The van der Waals surface area contributed by atoms with E-state index in [2.05, 4.69) is 10.6 Å². The van der Waals surface area contributed by atoms with Crippen LogP contribution >= 0.6 is 11.6 Å². The number of nitrogens with one attached hydrogen (secondary N) is 2. The van der Waals surface area contributed by atoms with Crippen molar-refractivity contribution in [3.8, 4) is 0 Å². The molecular formula is C22H24ClN3O3. The molecule has 1 aliphatic rings. The number of piperidine rings is 1. The third-order valence-electron chi connectivity index (χ3n) is 4.74. The highest BCUT2D eigenvalue weighted by Crippen LogP contribution is 2.24. The van der Waals surface area contributed by atoms with Gasteiger partial charge in [-0.3, -0.25) is 14.4 Å². The molecule has 2 aromatic carbocycles. The molecule has 0 saturated carbocycles. The van der Waals surface area contributed by atoms with E-state index in [4.69, 9.17) is 11.6 Å². The molecule has 29 heavy (non-hydrogen) atoms. The largest absolute Gasteiger partial charge is 0.352 e. The number of carbonyl (C=O) groups is 3. The van der Waals surface area contributed by atoms with E-state index in [0.717, 1.165) is 18.5 Å². The Bertz CT molecular complexity index is 883. The van der Waals surface area contributed by atoms with Crippen LogP contribution in [0.2, 0.25) is 5.02 Å². The predicted molar refractivity (Wildman–Crippen MR) is 114 cm³/mol. The van der Waals surface area contributed by atoms with Crippen molar-refractivity contribution in [2.24, 2.45) is 0 Å². The van der Waals surface area contributed by atoms with Gasteiger partial charge in [0.1, 0.15) is 0 Å². The van der Waals surface area contributed by atoms with E-state index in [0.29, 0.717) is 42.2 Å². The fourth-order valence-electron chi connectivity index (χ4n) is 3.21. The van der Waals surface area contributed by atoms with Gasteiger partial charge in [0.25, 0.3) is 5.91 Å². The summed E-state index contributed by atoms with van der Waals surface area (Å²) < 4.78 is 0. The minimum Gasteiger partial charge on any atom is -0.352 e. The van der Waals surface area contributed by atoms with Gasteiger partial charge in [-0.1, -0.05) is 17.7 Å². The topological polar surface area (TPSA) is 78.5 Å². The summed E-state index contributed by atoms with van der Waals surface area (Å²) in [6, 6.07) is 14.0. The summed E-state index contributed by atoms with van der Waals surface area (Å²) in [5.41, 5.74) is 2.00. The van der Waals surface area contributed by atoms with E-state index in [1.807, 2.05) is 18.2 Å². The predicted octanol–water partition coefficient (Wildman–Crippen LogP) is 4.01. The van der Waals surface area contributed by atoms with Crippen LogP contribution in [-0.2, 0) is 9.59 Å². The Morgan fingerprint density at radius 3 is 2.62 bits per heavy atom. The average molecular weight is 414 g/mol. The van der Waals surface area contributed by atoms with Gasteiger partial charge in [0.2, 0.25) is 11.8 Å². The molecule has 1 fully saturated rings. The van der Waals surface area contributed by atoms with Crippen molar-refractivity contribution in [3.05, 3.63) is 59.1 Å². The Morgan fingerprint density at radius 1 is 1.07 bits per heavy atom. The number of halogens is 1. The summed E-state index contributed by atoms with van der Waals surface area (Å²) in [4.78, 5) is 38.1. The lowest BCUT2D eigenvalue weighted by molar-refractivity contribution is -0.119. The first-order valence-corrected chi connectivity index (χ1v) is 10.1. The third kappa shape index (κ3) is 6.06. The maximum Gasteiger partial charge on any atom is 0.251 e. The highest BCUT2D eigenvalue weighted by molar-refractivity contribution is 6.30. The second kappa shape index (κ2) is 10.1. The van der Waals surface area contributed by atoms with Crippen LogP contribution in [0.15, 0.2) is 48.5 Å². The molecule has 152 valence electrons. The SMILES string of the molecule is O=C(CCCNC(=O)c1ccc(Cl)cc1)Nc1cccc(N2CCCCC2=O)c1. The van der Waals surface area contributed by atoms with Gasteiger partial charge in [0.05, 0.1) is 0 Å². The van der Waals surface area contributed by atoms with E-state index < -0.39 is 0 Å². The summed E-state index contributed by atoms with van der Waals surface area (Å²) in [6.07, 6.45) is 3.30. The number of amides is 3. The van der Waals surface area contributed by atoms with Crippen molar-refractivity contribution >= 4 is 40.7 Å². The standard InChI is InChI=1S/C22H24ClN3O3/c23-17-11-9-16(10-12-17)22(29)24-13-4-7-20(27)25-18-5-3-6-19(15-18)26-14-2-1-8-21(26)28/h3,5-6,9-12,15H,1-2,4,7-8,13-14H2,(H,24,29)(H,25,27). The van der Waals surface area contributed by atoms with E-state index in [1.165, 1.54) is 0 Å². The Hall–Kier alpha value is -2.86. The van der Waals surface area contributed by atoms with E-state index in [1.54, 1.807) is 35.2 Å². The van der Waals surface area contributed by atoms with E-state index in [9.17, 15) is 14.4 Å². The van der Waals surface area contributed by atoms with Gasteiger partial charge in [-0.25, -0.2) is 0 Å². The normalized spacial score (nSPS) is 13.8. The molecule has 0 spiro atoms. The second-order valence-corrected chi connectivity index (χ2v) is 7.40. The smallest absolute Gasteiger partial charge is 0.251 e. The molecule has 0 atom stereocenters. The fourth-order valence-corrected chi connectivity index (χ4v) is 3.33. The van der Waals surface area contributed by atoms with E-state index >= 15 is 0 Å². The van der Waals surface area contributed by atoms with Gasteiger partial charge in [-0.2, -0.15) is 0 Å². The molecule has 0 aromatic heterocycles. The molecule has 0 aliphatic carbocycles. The van der Waals surface area contributed by atoms with Crippen LogP contribution in [0.4, 0.5) is 11.4 Å². The first-order chi connectivity index (χ1) is 14.0. The zero-order valence-electron chi connectivity index (χ0n) is 16.1. The summed E-state index contributed by atoms with van der Waals surface area (Å²) in [5.74, 6) is -0.204. The number of hydrogen-bond donors (Lipinski definition) is 2. The number of anilines is 2. The molecule has 0 bridgehead atoms. The first-order valence-electron chi connectivity index (χ1n) is 9.77. The molecule has 1 saturated heterocycles. The van der Waals surface area contributed by atoms with Crippen LogP contribution in [0.3, 0.4) is 0 Å².